The zero-order valence-corrected chi connectivity index (χ0v) is 19.2. The lowest BCUT2D eigenvalue weighted by Gasteiger charge is -2.20. The van der Waals surface area contributed by atoms with Crippen LogP contribution in [0.2, 0.25) is 0 Å². The second-order valence-corrected chi connectivity index (χ2v) is 7.37. The molecule has 0 spiro atoms. The minimum Gasteiger partial charge on any atom is -0.504 e. The molecule has 1 aromatic heterocycles. The minimum atomic E-state index is -1.02. The van der Waals surface area contributed by atoms with Gasteiger partial charge in [-0.25, -0.2) is 4.98 Å². The van der Waals surface area contributed by atoms with Crippen molar-refractivity contribution in [3.05, 3.63) is 66.0 Å². The van der Waals surface area contributed by atoms with Gasteiger partial charge in [0.15, 0.2) is 17.8 Å². The number of aromatic nitrogens is 2. The van der Waals surface area contributed by atoms with Crippen LogP contribution in [0.3, 0.4) is 0 Å². The molecule has 0 aliphatic heterocycles. The number of aliphatic hydroxyl groups excluding tert-OH is 1. The van der Waals surface area contributed by atoms with E-state index in [2.05, 4.69) is 22.2 Å². The zero-order chi connectivity index (χ0) is 23.6. The van der Waals surface area contributed by atoms with Gasteiger partial charge in [0.25, 0.3) is 0 Å². The molecule has 0 bridgehead atoms. The molecule has 33 heavy (non-hydrogen) atoms. The van der Waals surface area contributed by atoms with Crippen LogP contribution < -0.4 is 10.1 Å². The highest BCUT2D eigenvalue weighted by Gasteiger charge is 2.15. The molecular formula is C25H31N3O5. The van der Waals surface area contributed by atoms with E-state index in [0.717, 1.165) is 17.5 Å². The van der Waals surface area contributed by atoms with E-state index in [-0.39, 0.29) is 11.8 Å². The summed E-state index contributed by atoms with van der Waals surface area (Å²) in [4.78, 5) is 8.99. The van der Waals surface area contributed by atoms with Crippen LogP contribution in [0.4, 0.5) is 5.82 Å². The van der Waals surface area contributed by atoms with Crippen molar-refractivity contribution in [1.29, 1.82) is 0 Å². The van der Waals surface area contributed by atoms with Crippen molar-refractivity contribution in [3.8, 4) is 22.8 Å². The van der Waals surface area contributed by atoms with Gasteiger partial charge in [0, 0.05) is 17.7 Å². The molecule has 0 saturated carbocycles. The second kappa shape index (κ2) is 12.2. The number of nitrogens with zero attached hydrogens (tertiary/aromatic N) is 2. The van der Waals surface area contributed by atoms with Gasteiger partial charge in [-0.1, -0.05) is 25.1 Å². The topological polar surface area (TPSA) is 106 Å². The lowest BCUT2D eigenvalue weighted by atomic mass is 10.0. The molecule has 0 saturated heterocycles. The van der Waals surface area contributed by atoms with Crippen molar-refractivity contribution in [2.24, 2.45) is 0 Å². The summed E-state index contributed by atoms with van der Waals surface area (Å²) in [6, 6.07) is 12.7. The fraction of sp³-hybridized carbons (Fsp3) is 0.360. The standard InChI is InChI=1S/C25H31N3O5/c1-4-20(17-7-6-8-19(13-17)25(30)33-12-11-32-5-2)27-24-16-26-15-21(28-24)18-9-10-22(29)23(14-18)31-3/h6-10,13-16,20,25,29-30H,4-5,11-12H2,1-3H3,(H,27,28)/t20?,25-/m1/s1. The van der Waals surface area contributed by atoms with Crippen LogP contribution in [0.25, 0.3) is 11.3 Å². The summed E-state index contributed by atoms with van der Waals surface area (Å²) >= 11 is 0. The Labute approximate surface area is 194 Å². The number of nitrogens with one attached hydrogen (secondary N) is 1. The lowest BCUT2D eigenvalue weighted by molar-refractivity contribution is -0.115. The van der Waals surface area contributed by atoms with Crippen molar-refractivity contribution in [1.82, 2.24) is 9.97 Å². The average molecular weight is 454 g/mol. The maximum atomic E-state index is 10.4. The van der Waals surface area contributed by atoms with Gasteiger partial charge in [0.2, 0.25) is 0 Å². The number of hydrogen-bond donors (Lipinski definition) is 3. The Bertz CT molecular complexity index is 1030. The normalized spacial score (nSPS) is 12.8. The van der Waals surface area contributed by atoms with Crippen molar-refractivity contribution in [3.63, 3.8) is 0 Å². The first-order chi connectivity index (χ1) is 16.0. The third-order valence-electron chi connectivity index (χ3n) is 5.15. The third-order valence-corrected chi connectivity index (χ3v) is 5.15. The monoisotopic (exact) mass is 453 g/mol. The number of ether oxygens (including phenoxy) is 3. The van der Waals surface area contributed by atoms with Gasteiger partial charge < -0.3 is 29.7 Å². The fourth-order valence-corrected chi connectivity index (χ4v) is 3.40. The van der Waals surface area contributed by atoms with Gasteiger partial charge >= 0.3 is 0 Å². The highest BCUT2D eigenvalue weighted by Crippen LogP contribution is 2.31. The van der Waals surface area contributed by atoms with Gasteiger partial charge in [-0.15, -0.1) is 0 Å². The van der Waals surface area contributed by atoms with E-state index in [1.165, 1.54) is 7.11 Å². The SMILES string of the molecule is CCOCCO[C@@H](O)c1cccc(C(CC)Nc2cncc(-c3ccc(O)c(OC)c3)n2)c1. The molecule has 1 unspecified atom stereocenters. The molecule has 0 fully saturated rings. The highest BCUT2D eigenvalue weighted by molar-refractivity contribution is 5.64. The third kappa shape index (κ3) is 6.64. The van der Waals surface area contributed by atoms with Gasteiger partial charge in [0.05, 0.1) is 44.5 Å². The molecule has 2 atom stereocenters. The number of hydrogen-bond acceptors (Lipinski definition) is 8. The van der Waals surface area contributed by atoms with E-state index >= 15 is 0 Å². The van der Waals surface area contributed by atoms with Crippen LogP contribution >= 0.6 is 0 Å². The average Bonchev–Trinajstić information content (AvgIpc) is 2.85. The van der Waals surface area contributed by atoms with Crippen molar-refractivity contribution in [2.75, 3.05) is 32.2 Å². The molecule has 3 N–H and O–H groups in total. The Balaban J connectivity index is 1.74. The van der Waals surface area contributed by atoms with Crippen LogP contribution in [0.15, 0.2) is 54.9 Å². The molecule has 176 valence electrons. The number of anilines is 1. The Morgan fingerprint density at radius 2 is 1.85 bits per heavy atom. The fourth-order valence-electron chi connectivity index (χ4n) is 3.40. The lowest BCUT2D eigenvalue weighted by Crippen LogP contribution is -2.13. The van der Waals surface area contributed by atoms with Crippen molar-refractivity contribution in [2.45, 2.75) is 32.6 Å². The molecule has 3 rings (SSSR count). The van der Waals surface area contributed by atoms with E-state index in [1.807, 2.05) is 31.2 Å². The first-order valence-corrected chi connectivity index (χ1v) is 11.0. The van der Waals surface area contributed by atoms with Gasteiger partial charge in [-0.05, 0) is 43.2 Å². The Kier molecular flexibility index (Phi) is 9.00. The number of benzene rings is 2. The summed E-state index contributed by atoms with van der Waals surface area (Å²) in [5, 5.41) is 23.6. The highest BCUT2D eigenvalue weighted by atomic mass is 16.6. The summed E-state index contributed by atoms with van der Waals surface area (Å²) < 4.78 is 15.9. The zero-order valence-electron chi connectivity index (χ0n) is 19.2. The predicted molar refractivity (Wildman–Crippen MR) is 126 cm³/mol. The quantitative estimate of drug-likeness (QED) is 0.273. The molecule has 0 amide bonds. The largest absolute Gasteiger partial charge is 0.504 e. The molecule has 0 radical (unpaired) electrons. The number of aromatic hydroxyl groups is 1. The van der Waals surface area contributed by atoms with Gasteiger partial charge in [-0.2, -0.15) is 0 Å². The number of rotatable bonds is 12. The van der Waals surface area contributed by atoms with Crippen LogP contribution in [0, 0.1) is 0 Å². The first kappa shape index (κ1) is 24.4. The molecule has 1 heterocycles. The molecule has 2 aromatic carbocycles. The first-order valence-electron chi connectivity index (χ1n) is 11.0. The van der Waals surface area contributed by atoms with E-state index in [4.69, 9.17) is 14.2 Å². The van der Waals surface area contributed by atoms with Crippen molar-refractivity contribution < 1.29 is 24.4 Å². The maximum absolute atomic E-state index is 10.4. The summed E-state index contributed by atoms with van der Waals surface area (Å²) in [5.74, 6) is 1.06. The van der Waals surface area contributed by atoms with Gasteiger partial charge in [-0.3, -0.25) is 4.98 Å². The number of methoxy groups -OCH3 is 1. The minimum absolute atomic E-state index is 0.0421. The Hall–Kier alpha value is -3.20. The maximum Gasteiger partial charge on any atom is 0.181 e. The van der Waals surface area contributed by atoms with Crippen LogP contribution in [0.1, 0.15) is 43.7 Å². The summed E-state index contributed by atoms with van der Waals surface area (Å²) in [6.45, 7) is 5.36. The predicted octanol–water partition coefficient (Wildman–Crippen LogP) is 4.47. The molecule has 0 aliphatic carbocycles. The van der Waals surface area contributed by atoms with E-state index in [1.54, 1.807) is 30.6 Å². The molecular weight excluding hydrogens is 422 g/mol. The Morgan fingerprint density at radius 3 is 2.61 bits per heavy atom. The van der Waals surface area contributed by atoms with E-state index < -0.39 is 6.29 Å². The van der Waals surface area contributed by atoms with Crippen molar-refractivity contribution >= 4 is 5.82 Å². The molecule has 8 nitrogen and oxygen atoms in total. The molecule has 8 heteroatoms. The smallest absolute Gasteiger partial charge is 0.181 e. The summed E-state index contributed by atoms with van der Waals surface area (Å²) in [5.41, 5.74) is 3.12. The van der Waals surface area contributed by atoms with Gasteiger partial charge in [0.1, 0.15) is 5.82 Å². The van der Waals surface area contributed by atoms with Crippen LogP contribution in [-0.2, 0) is 9.47 Å². The van der Waals surface area contributed by atoms with E-state index in [9.17, 15) is 10.2 Å². The molecule has 0 aliphatic rings. The Morgan fingerprint density at radius 1 is 1.03 bits per heavy atom. The summed E-state index contributed by atoms with van der Waals surface area (Å²) in [7, 11) is 1.50. The number of phenols is 1. The molecule has 3 aromatic rings. The second-order valence-electron chi connectivity index (χ2n) is 7.37. The number of phenolic OH excluding ortho intramolecular Hbond substituents is 1. The van der Waals surface area contributed by atoms with Crippen LogP contribution in [-0.4, -0.2) is 47.1 Å². The number of aliphatic hydroxyl groups is 1. The van der Waals surface area contributed by atoms with Crippen LogP contribution in [0.5, 0.6) is 11.5 Å². The summed E-state index contributed by atoms with van der Waals surface area (Å²) in [6.07, 6.45) is 3.10. The van der Waals surface area contributed by atoms with E-state index in [0.29, 0.717) is 42.6 Å².